The van der Waals surface area contributed by atoms with E-state index in [0.717, 1.165) is 19.4 Å². The first-order chi connectivity index (χ1) is 8.65. The van der Waals surface area contributed by atoms with Crippen molar-refractivity contribution in [2.45, 2.75) is 71.3 Å². The second-order valence-corrected chi connectivity index (χ2v) is 5.88. The minimum Gasteiger partial charge on any atom is -0.340 e. The van der Waals surface area contributed by atoms with E-state index in [4.69, 9.17) is 5.73 Å². The summed E-state index contributed by atoms with van der Waals surface area (Å²) in [6.07, 6.45) is 9.48. The highest BCUT2D eigenvalue weighted by molar-refractivity contribution is 5.76. The van der Waals surface area contributed by atoms with Crippen LogP contribution in [0.15, 0.2) is 0 Å². The second kappa shape index (κ2) is 8.52. The van der Waals surface area contributed by atoms with Gasteiger partial charge in [-0.2, -0.15) is 0 Å². The maximum absolute atomic E-state index is 12.4. The summed E-state index contributed by atoms with van der Waals surface area (Å²) in [7, 11) is 0. The highest BCUT2D eigenvalue weighted by Crippen LogP contribution is 2.26. The Kier molecular flexibility index (Phi) is 7.33. The number of hydrogen-bond donors (Lipinski definition) is 1. The van der Waals surface area contributed by atoms with Gasteiger partial charge in [0.15, 0.2) is 0 Å². The van der Waals surface area contributed by atoms with Crippen LogP contribution in [0.4, 0.5) is 0 Å². The fourth-order valence-electron chi connectivity index (χ4n) is 2.86. The zero-order chi connectivity index (χ0) is 13.4. The van der Waals surface area contributed by atoms with Gasteiger partial charge in [0.1, 0.15) is 0 Å². The number of hydrogen-bond acceptors (Lipinski definition) is 2. The Hall–Kier alpha value is -0.570. The van der Waals surface area contributed by atoms with Crippen molar-refractivity contribution in [2.75, 3.05) is 13.1 Å². The van der Waals surface area contributed by atoms with Crippen LogP contribution in [0.2, 0.25) is 0 Å². The fourth-order valence-corrected chi connectivity index (χ4v) is 2.86. The van der Waals surface area contributed by atoms with E-state index >= 15 is 0 Å². The molecule has 0 bridgehead atoms. The predicted octanol–water partition coefficient (Wildman–Crippen LogP) is 2.93. The molecule has 0 aliphatic heterocycles. The minimum absolute atomic E-state index is 0.301. The lowest BCUT2D eigenvalue weighted by molar-refractivity contribution is -0.134. The van der Waals surface area contributed by atoms with E-state index in [2.05, 4.69) is 13.8 Å². The Morgan fingerprint density at radius 3 is 2.33 bits per heavy atom. The van der Waals surface area contributed by atoms with Crippen molar-refractivity contribution in [2.24, 2.45) is 11.7 Å². The molecule has 2 N–H and O–H groups in total. The lowest BCUT2D eigenvalue weighted by Gasteiger charge is -2.28. The van der Waals surface area contributed by atoms with Crippen LogP contribution in [0.3, 0.4) is 0 Å². The second-order valence-electron chi connectivity index (χ2n) is 5.88. The number of amides is 1. The summed E-state index contributed by atoms with van der Waals surface area (Å²) in [4.78, 5) is 14.4. The number of rotatable bonds is 6. The summed E-state index contributed by atoms with van der Waals surface area (Å²) in [6, 6.07) is 0.301. The molecule has 1 aliphatic carbocycles. The quantitative estimate of drug-likeness (QED) is 0.741. The van der Waals surface area contributed by atoms with E-state index in [0.29, 0.717) is 24.4 Å². The molecule has 18 heavy (non-hydrogen) atoms. The largest absolute Gasteiger partial charge is 0.340 e. The number of carbonyl (C=O) groups is 1. The highest BCUT2D eigenvalue weighted by atomic mass is 16.2. The molecule has 0 radical (unpaired) electrons. The Balaban J connectivity index is 2.43. The summed E-state index contributed by atoms with van der Waals surface area (Å²) < 4.78 is 0. The molecule has 0 atom stereocenters. The number of nitrogens with two attached hydrogens (primary N) is 1. The molecule has 0 aromatic rings. The number of carbonyl (C=O) groups excluding carboxylic acids is 1. The fraction of sp³-hybridized carbons (Fsp3) is 0.933. The van der Waals surface area contributed by atoms with E-state index in [-0.39, 0.29) is 0 Å². The van der Waals surface area contributed by atoms with Gasteiger partial charge in [-0.3, -0.25) is 4.79 Å². The Bertz CT molecular complexity index is 233. The van der Waals surface area contributed by atoms with Crippen LogP contribution in [0.25, 0.3) is 0 Å². The van der Waals surface area contributed by atoms with Crippen molar-refractivity contribution in [1.82, 2.24) is 4.90 Å². The summed E-state index contributed by atoms with van der Waals surface area (Å²) in [5.74, 6) is 0.962. The van der Waals surface area contributed by atoms with E-state index in [1.807, 2.05) is 4.90 Å². The van der Waals surface area contributed by atoms with Gasteiger partial charge in [0.25, 0.3) is 0 Å². The van der Waals surface area contributed by atoms with Crippen LogP contribution >= 0.6 is 0 Å². The molecule has 1 rings (SSSR count). The van der Waals surface area contributed by atoms with E-state index in [1.165, 1.54) is 38.5 Å². The molecule has 1 saturated carbocycles. The molecule has 1 fully saturated rings. The zero-order valence-corrected chi connectivity index (χ0v) is 12.2. The van der Waals surface area contributed by atoms with Gasteiger partial charge in [-0.15, -0.1) is 0 Å². The van der Waals surface area contributed by atoms with Crippen LogP contribution in [0.1, 0.15) is 65.2 Å². The monoisotopic (exact) mass is 254 g/mol. The Labute approximate surface area is 112 Å². The smallest absolute Gasteiger partial charge is 0.223 e. The van der Waals surface area contributed by atoms with Crippen LogP contribution < -0.4 is 5.73 Å². The summed E-state index contributed by atoms with van der Waals surface area (Å²) in [5.41, 5.74) is 5.54. The molecule has 1 amide bonds. The van der Waals surface area contributed by atoms with Crippen LogP contribution in [-0.4, -0.2) is 29.9 Å². The maximum atomic E-state index is 12.4. The normalized spacial score (nSPS) is 17.8. The summed E-state index contributed by atoms with van der Waals surface area (Å²) in [6.45, 7) is 5.68. The molecular weight excluding hydrogens is 224 g/mol. The van der Waals surface area contributed by atoms with E-state index in [1.54, 1.807) is 0 Å². The van der Waals surface area contributed by atoms with Gasteiger partial charge in [-0.05, 0) is 45.6 Å². The molecular formula is C15H30N2O. The molecule has 1 aliphatic rings. The molecule has 0 unspecified atom stereocenters. The molecule has 3 nitrogen and oxygen atoms in total. The maximum Gasteiger partial charge on any atom is 0.223 e. The van der Waals surface area contributed by atoms with Gasteiger partial charge in [0.05, 0.1) is 0 Å². The zero-order valence-electron chi connectivity index (χ0n) is 12.2. The van der Waals surface area contributed by atoms with Crippen molar-refractivity contribution < 1.29 is 4.79 Å². The SMILES string of the molecule is CC(C)N(CCCN)C(=O)CC1CCCCCC1. The van der Waals surface area contributed by atoms with E-state index in [9.17, 15) is 4.79 Å². The summed E-state index contributed by atoms with van der Waals surface area (Å²) >= 11 is 0. The van der Waals surface area contributed by atoms with Crippen LogP contribution in [0.5, 0.6) is 0 Å². The third-order valence-electron chi connectivity index (χ3n) is 3.98. The molecule has 0 aromatic carbocycles. The minimum atomic E-state index is 0.301. The first-order valence-electron chi connectivity index (χ1n) is 7.64. The Morgan fingerprint density at radius 1 is 1.22 bits per heavy atom. The third-order valence-corrected chi connectivity index (χ3v) is 3.98. The van der Waals surface area contributed by atoms with Gasteiger partial charge in [-0.25, -0.2) is 0 Å². The van der Waals surface area contributed by atoms with E-state index < -0.39 is 0 Å². The molecule has 3 heteroatoms. The van der Waals surface area contributed by atoms with Crippen molar-refractivity contribution in [3.63, 3.8) is 0 Å². The summed E-state index contributed by atoms with van der Waals surface area (Å²) in [5, 5.41) is 0. The van der Waals surface area contributed by atoms with Gasteiger partial charge >= 0.3 is 0 Å². The molecule has 0 saturated heterocycles. The number of nitrogens with zero attached hydrogens (tertiary/aromatic N) is 1. The highest BCUT2D eigenvalue weighted by Gasteiger charge is 2.21. The van der Waals surface area contributed by atoms with Gasteiger partial charge < -0.3 is 10.6 Å². The van der Waals surface area contributed by atoms with Crippen molar-refractivity contribution in [3.05, 3.63) is 0 Å². The third kappa shape index (κ3) is 5.38. The standard InChI is InChI=1S/C15H30N2O/c1-13(2)17(11-7-10-16)15(18)12-14-8-5-3-4-6-9-14/h13-14H,3-12,16H2,1-2H3. The lowest BCUT2D eigenvalue weighted by Crippen LogP contribution is -2.39. The molecule has 0 heterocycles. The first-order valence-corrected chi connectivity index (χ1v) is 7.64. The lowest BCUT2D eigenvalue weighted by atomic mass is 9.95. The predicted molar refractivity (Wildman–Crippen MR) is 76.3 cm³/mol. The molecule has 0 spiro atoms. The van der Waals surface area contributed by atoms with Crippen LogP contribution in [-0.2, 0) is 4.79 Å². The van der Waals surface area contributed by atoms with Gasteiger partial charge in [0.2, 0.25) is 5.91 Å². The van der Waals surface area contributed by atoms with Crippen molar-refractivity contribution in [1.29, 1.82) is 0 Å². The van der Waals surface area contributed by atoms with Crippen molar-refractivity contribution in [3.8, 4) is 0 Å². The average Bonchev–Trinajstić information content (AvgIpc) is 2.57. The Morgan fingerprint density at radius 2 is 1.83 bits per heavy atom. The van der Waals surface area contributed by atoms with Gasteiger partial charge in [0, 0.05) is 19.0 Å². The topological polar surface area (TPSA) is 46.3 Å². The van der Waals surface area contributed by atoms with Crippen LogP contribution in [0, 0.1) is 5.92 Å². The van der Waals surface area contributed by atoms with Crippen molar-refractivity contribution >= 4 is 5.91 Å². The first kappa shape index (κ1) is 15.5. The van der Waals surface area contributed by atoms with Gasteiger partial charge in [-0.1, -0.05) is 25.7 Å². The molecule has 106 valence electrons. The molecule has 0 aromatic heterocycles. The average molecular weight is 254 g/mol.